The molecule has 0 saturated heterocycles. The Labute approximate surface area is 124 Å². The highest BCUT2D eigenvalue weighted by Crippen LogP contribution is 2.17. The third-order valence-corrected chi connectivity index (χ3v) is 3.14. The van der Waals surface area contributed by atoms with Crippen LogP contribution >= 0.6 is 0 Å². The van der Waals surface area contributed by atoms with Gasteiger partial charge in [0.05, 0.1) is 6.61 Å². The Bertz CT molecular complexity index is 526. The monoisotopic (exact) mass is 294 g/mol. The van der Waals surface area contributed by atoms with E-state index >= 15 is 0 Å². The normalized spacial score (nSPS) is 13.4. The van der Waals surface area contributed by atoms with Crippen molar-refractivity contribution < 1.29 is 19.4 Å². The maximum Gasteiger partial charge on any atom is 0.313 e. The van der Waals surface area contributed by atoms with Gasteiger partial charge in [-0.05, 0) is 38.0 Å². The molecule has 0 bridgehead atoms. The lowest BCUT2D eigenvalue weighted by Crippen LogP contribution is -2.46. The zero-order valence-corrected chi connectivity index (χ0v) is 12.8. The van der Waals surface area contributed by atoms with E-state index < -0.39 is 17.4 Å². The number of aliphatic hydroxyl groups is 1. The van der Waals surface area contributed by atoms with Gasteiger partial charge in [-0.15, -0.1) is 0 Å². The van der Waals surface area contributed by atoms with E-state index in [1.165, 1.54) is 14.0 Å². The van der Waals surface area contributed by atoms with E-state index in [0.29, 0.717) is 5.69 Å². The number of aryl methyl sites for hydroxylation is 1. The number of methoxy groups -OCH3 is 1. The smallest absolute Gasteiger partial charge is 0.313 e. The molecule has 0 aliphatic heterocycles. The average Bonchev–Trinajstić information content (AvgIpc) is 2.41. The van der Waals surface area contributed by atoms with Crippen LogP contribution in [0.5, 0.6) is 0 Å². The highest BCUT2D eigenvalue weighted by atomic mass is 16.5. The number of hydrogen-bond donors (Lipinski definition) is 3. The predicted molar refractivity (Wildman–Crippen MR) is 80.1 cm³/mol. The van der Waals surface area contributed by atoms with Crippen molar-refractivity contribution in [2.24, 2.45) is 0 Å². The first-order chi connectivity index (χ1) is 9.76. The molecule has 0 radical (unpaired) electrons. The van der Waals surface area contributed by atoms with Crippen LogP contribution in [0.1, 0.15) is 18.1 Å². The molecule has 1 atom stereocenters. The number of carbonyl (C=O) groups excluding carboxylic acids is 2. The third kappa shape index (κ3) is 5.17. The molecule has 1 aromatic rings. The van der Waals surface area contributed by atoms with Crippen LogP contribution in [0.2, 0.25) is 0 Å². The molecule has 1 unspecified atom stereocenters. The minimum absolute atomic E-state index is 0.0614. The Hall–Kier alpha value is -1.92. The van der Waals surface area contributed by atoms with Crippen molar-refractivity contribution in [3.05, 3.63) is 29.3 Å². The lowest BCUT2D eigenvalue weighted by Gasteiger charge is -2.22. The summed E-state index contributed by atoms with van der Waals surface area (Å²) in [5.74, 6) is -1.57. The van der Waals surface area contributed by atoms with Gasteiger partial charge in [-0.1, -0.05) is 12.1 Å². The summed E-state index contributed by atoms with van der Waals surface area (Å²) in [7, 11) is 1.45. The van der Waals surface area contributed by atoms with Gasteiger partial charge in [0.15, 0.2) is 0 Å². The van der Waals surface area contributed by atoms with Crippen molar-refractivity contribution in [3.8, 4) is 0 Å². The molecular weight excluding hydrogens is 272 g/mol. The van der Waals surface area contributed by atoms with Gasteiger partial charge in [-0.25, -0.2) is 0 Å². The van der Waals surface area contributed by atoms with Crippen LogP contribution in [-0.2, 0) is 14.3 Å². The molecule has 6 nitrogen and oxygen atoms in total. The molecule has 21 heavy (non-hydrogen) atoms. The van der Waals surface area contributed by atoms with Gasteiger partial charge in [-0.3, -0.25) is 9.59 Å². The molecule has 0 aliphatic carbocycles. The number of benzene rings is 1. The zero-order valence-electron chi connectivity index (χ0n) is 12.8. The zero-order chi connectivity index (χ0) is 16.0. The summed E-state index contributed by atoms with van der Waals surface area (Å²) in [6.45, 7) is 5.30. The lowest BCUT2D eigenvalue weighted by atomic mass is 10.1. The number of nitrogens with one attached hydrogen (secondary N) is 2. The van der Waals surface area contributed by atoms with Crippen LogP contribution in [0.3, 0.4) is 0 Å². The Morgan fingerprint density at radius 2 is 1.95 bits per heavy atom. The van der Waals surface area contributed by atoms with Gasteiger partial charge in [0, 0.05) is 19.3 Å². The van der Waals surface area contributed by atoms with Crippen molar-refractivity contribution in [2.75, 3.05) is 25.6 Å². The number of hydrogen-bond acceptors (Lipinski definition) is 4. The molecule has 0 spiro atoms. The van der Waals surface area contributed by atoms with Gasteiger partial charge in [0.25, 0.3) is 0 Å². The quantitative estimate of drug-likeness (QED) is 0.700. The van der Waals surface area contributed by atoms with Crippen LogP contribution in [0.4, 0.5) is 5.69 Å². The number of carbonyl (C=O) groups is 2. The van der Waals surface area contributed by atoms with Crippen molar-refractivity contribution in [1.29, 1.82) is 0 Å². The topological polar surface area (TPSA) is 87.7 Å². The van der Waals surface area contributed by atoms with E-state index in [-0.39, 0.29) is 13.2 Å². The van der Waals surface area contributed by atoms with E-state index in [1.807, 2.05) is 19.9 Å². The second-order valence-corrected chi connectivity index (χ2v) is 5.31. The Balaban J connectivity index is 2.60. The highest BCUT2D eigenvalue weighted by Gasteiger charge is 2.23. The van der Waals surface area contributed by atoms with Gasteiger partial charge in [-0.2, -0.15) is 0 Å². The number of amides is 2. The van der Waals surface area contributed by atoms with Gasteiger partial charge in [0.2, 0.25) is 0 Å². The average molecular weight is 294 g/mol. The van der Waals surface area contributed by atoms with Crippen molar-refractivity contribution in [2.45, 2.75) is 26.4 Å². The second-order valence-electron chi connectivity index (χ2n) is 5.31. The molecule has 116 valence electrons. The largest absolute Gasteiger partial charge is 0.386 e. The lowest BCUT2D eigenvalue weighted by molar-refractivity contribution is -0.137. The van der Waals surface area contributed by atoms with Crippen molar-refractivity contribution >= 4 is 17.5 Å². The Kier molecular flexibility index (Phi) is 5.87. The first kappa shape index (κ1) is 17.1. The molecule has 6 heteroatoms. The first-order valence-electron chi connectivity index (χ1n) is 6.63. The van der Waals surface area contributed by atoms with E-state index in [9.17, 15) is 14.7 Å². The van der Waals surface area contributed by atoms with E-state index in [1.54, 1.807) is 12.1 Å². The maximum absolute atomic E-state index is 11.8. The minimum Gasteiger partial charge on any atom is -0.386 e. The van der Waals surface area contributed by atoms with Gasteiger partial charge < -0.3 is 20.5 Å². The van der Waals surface area contributed by atoms with Crippen LogP contribution in [-0.4, -0.2) is 42.8 Å². The first-order valence-corrected chi connectivity index (χ1v) is 6.63. The Morgan fingerprint density at radius 1 is 1.29 bits per heavy atom. The molecule has 0 aliphatic rings. The molecular formula is C15H22N2O4. The summed E-state index contributed by atoms with van der Waals surface area (Å²) in [6.07, 6.45) is 0. The summed E-state index contributed by atoms with van der Waals surface area (Å²) >= 11 is 0. The van der Waals surface area contributed by atoms with E-state index in [4.69, 9.17) is 4.74 Å². The standard InChI is InChI=1S/C15H22N2O4/c1-10-6-5-7-12(11(10)2)17-14(19)13(18)16-8-15(3,20)9-21-4/h5-7,20H,8-9H2,1-4H3,(H,16,18)(H,17,19). The molecule has 0 aromatic heterocycles. The van der Waals surface area contributed by atoms with Crippen LogP contribution in [0.25, 0.3) is 0 Å². The summed E-state index contributed by atoms with van der Waals surface area (Å²) in [6, 6.07) is 5.46. The third-order valence-electron chi connectivity index (χ3n) is 3.14. The van der Waals surface area contributed by atoms with Crippen molar-refractivity contribution in [3.63, 3.8) is 0 Å². The maximum atomic E-state index is 11.8. The molecule has 3 N–H and O–H groups in total. The summed E-state index contributed by atoms with van der Waals surface area (Å²) in [4.78, 5) is 23.5. The van der Waals surface area contributed by atoms with Crippen LogP contribution in [0.15, 0.2) is 18.2 Å². The van der Waals surface area contributed by atoms with Gasteiger partial charge >= 0.3 is 11.8 Å². The Morgan fingerprint density at radius 3 is 2.57 bits per heavy atom. The summed E-state index contributed by atoms with van der Waals surface area (Å²) in [5.41, 5.74) is 1.31. The number of ether oxygens (including phenoxy) is 1. The fraction of sp³-hybridized carbons (Fsp3) is 0.467. The number of rotatable bonds is 5. The van der Waals surface area contributed by atoms with E-state index in [2.05, 4.69) is 10.6 Å². The van der Waals surface area contributed by atoms with Crippen LogP contribution in [0, 0.1) is 13.8 Å². The summed E-state index contributed by atoms with van der Waals surface area (Å²) < 4.78 is 4.82. The van der Waals surface area contributed by atoms with Gasteiger partial charge in [0.1, 0.15) is 5.60 Å². The SMILES string of the molecule is COCC(C)(O)CNC(=O)C(=O)Nc1cccc(C)c1C. The fourth-order valence-electron chi connectivity index (χ4n) is 1.78. The fourth-order valence-corrected chi connectivity index (χ4v) is 1.78. The molecule has 1 aromatic carbocycles. The molecule has 1 rings (SSSR count). The highest BCUT2D eigenvalue weighted by molar-refractivity contribution is 6.39. The van der Waals surface area contributed by atoms with Crippen molar-refractivity contribution in [1.82, 2.24) is 5.32 Å². The number of anilines is 1. The summed E-state index contributed by atoms with van der Waals surface area (Å²) in [5, 5.41) is 14.8. The van der Waals surface area contributed by atoms with Crippen LogP contribution < -0.4 is 10.6 Å². The van der Waals surface area contributed by atoms with E-state index in [0.717, 1.165) is 11.1 Å². The predicted octanol–water partition coefficient (Wildman–Crippen LogP) is 0.756. The molecule has 0 saturated carbocycles. The molecule has 0 fully saturated rings. The molecule has 2 amide bonds. The second kappa shape index (κ2) is 7.19. The molecule has 0 heterocycles. The minimum atomic E-state index is -1.22.